The fraction of sp³-hybridized carbons (Fsp3) is 0.333. The summed E-state index contributed by atoms with van der Waals surface area (Å²) < 4.78 is 85.0. The van der Waals surface area contributed by atoms with E-state index in [1.165, 1.54) is 0 Å². The van der Waals surface area contributed by atoms with Crippen LogP contribution in [0.2, 0.25) is 0 Å². The van der Waals surface area contributed by atoms with Crippen LogP contribution in [-0.2, 0) is 29.6 Å². The molecule has 0 amide bonds. The van der Waals surface area contributed by atoms with E-state index in [0.29, 0.717) is 6.07 Å². The van der Waals surface area contributed by atoms with Crippen LogP contribution in [0, 0.1) is 0 Å². The first kappa shape index (κ1) is 16.8. The molecule has 20 heavy (non-hydrogen) atoms. The van der Waals surface area contributed by atoms with Crippen molar-refractivity contribution in [1.82, 2.24) is 0 Å². The minimum absolute atomic E-state index is 0.524. The maximum Gasteiger partial charge on any atom is 0.496 e. The molecule has 11 heteroatoms. The van der Waals surface area contributed by atoms with Crippen molar-refractivity contribution in [3.8, 4) is 5.75 Å². The summed E-state index contributed by atoms with van der Waals surface area (Å²) in [6, 6.07) is 2.62. The van der Waals surface area contributed by atoms with Gasteiger partial charge in [0.15, 0.2) is 0 Å². The first-order valence-corrected chi connectivity index (χ1v) is 7.09. The molecule has 0 heterocycles. The summed E-state index contributed by atoms with van der Waals surface area (Å²) in [5, 5.41) is 0. The second kappa shape index (κ2) is 6.49. The molecule has 1 unspecified atom stereocenters. The Morgan fingerprint density at radius 1 is 1.30 bits per heavy atom. The van der Waals surface area contributed by atoms with E-state index in [4.69, 9.17) is 0 Å². The zero-order valence-corrected chi connectivity index (χ0v) is 11.7. The van der Waals surface area contributed by atoms with Gasteiger partial charge in [-0.25, -0.2) is 4.18 Å². The normalized spacial score (nSPS) is 12.6. The number of methoxy groups -OCH3 is 1. The van der Waals surface area contributed by atoms with Crippen LogP contribution < -0.4 is 4.74 Å². The molecule has 6 nitrogen and oxygen atoms in total. The van der Waals surface area contributed by atoms with E-state index in [1.54, 1.807) is 0 Å². The standard InChI is InChI=1S/C9H9F3O6PS/c1-16-7-4-2-3-6(9(10,11)12)8(7)20(14,15)18-5-17-19-13/h2-4,19H,5H2,1H3/q+1. The van der Waals surface area contributed by atoms with E-state index >= 15 is 0 Å². The summed E-state index contributed by atoms with van der Waals surface area (Å²) in [7, 11) is -5.08. The van der Waals surface area contributed by atoms with Crippen LogP contribution in [0.1, 0.15) is 5.56 Å². The Morgan fingerprint density at radius 2 is 1.95 bits per heavy atom. The van der Waals surface area contributed by atoms with Gasteiger partial charge in [-0.3, -0.25) is 0 Å². The molecule has 0 aliphatic rings. The van der Waals surface area contributed by atoms with Crippen LogP contribution in [0.4, 0.5) is 13.2 Å². The molecule has 0 bridgehead atoms. The largest absolute Gasteiger partial charge is 0.496 e. The summed E-state index contributed by atoms with van der Waals surface area (Å²) in [6.07, 6.45) is -4.92. The second-order valence-corrected chi connectivity index (χ2v) is 5.26. The van der Waals surface area contributed by atoms with E-state index in [2.05, 4.69) is 13.4 Å². The average Bonchev–Trinajstić information content (AvgIpc) is 2.37. The molecule has 0 saturated carbocycles. The van der Waals surface area contributed by atoms with Gasteiger partial charge < -0.3 is 4.74 Å². The number of hydrogen-bond donors (Lipinski definition) is 0. The van der Waals surface area contributed by atoms with Gasteiger partial charge >= 0.3 is 25.0 Å². The summed E-state index contributed by atoms with van der Waals surface area (Å²) in [5.74, 6) is -0.524. The van der Waals surface area contributed by atoms with E-state index in [9.17, 15) is 26.2 Å². The highest BCUT2D eigenvalue weighted by Gasteiger charge is 2.39. The summed E-state index contributed by atoms with van der Waals surface area (Å²) in [4.78, 5) is -1.16. The van der Waals surface area contributed by atoms with Crippen molar-refractivity contribution in [2.24, 2.45) is 0 Å². The number of alkyl halides is 3. The second-order valence-electron chi connectivity index (χ2n) is 3.25. The van der Waals surface area contributed by atoms with Gasteiger partial charge in [0.05, 0.1) is 12.7 Å². The van der Waals surface area contributed by atoms with E-state index in [1.807, 2.05) is 0 Å². The molecule has 0 N–H and O–H groups in total. The van der Waals surface area contributed by atoms with Crippen molar-refractivity contribution in [2.75, 3.05) is 13.9 Å². The first-order valence-electron chi connectivity index (χ1n) is 4.86. The topological polar surface area (TPSA) is 78.9 Å². The lowest BCUT2D eigenvalue weighted by atomic mass is 10.2. The van der Waals surface area contributed by atoms with Gasteiger partial charge in [0.25, 0.3) is 0 Å². The van der Waals surface area contributed by atoms with Gasteiger partial charge in [-0.15, -0.1) is 4.52 Å². The fourth-order valence-electron chi connectivity index (χ4n) is 1.33. The van der Waals surface area contributed by atoms with E-state index < -0.39 is 48.0 Å². The third kappa shape index (κ3) is 3.89. The number of hydrogen-bond acceptors (Lipinski definition) is 6. The van der Waals surface area contributed by atoms with Crippen LogP contribution in [0.5, 0.6) is 5.75 Å². The minimum Gasteiger partial charge on any atom is -0.495 e. The SMILES string of the molecule is COc1cccc(C(F)(F)F)c1S(=O)(=O)OCO[PH+]=O. The smallest absolute Gasteiger partial charge is 0.495 e. The van der Waals surface area contributed by atoms with Crippen molar-refractivity contribution in [2.45, 2.75) is 11.1 Å². The van der Waals surface area contributed by atoms with Crippen molar-refractivity contribution >= 4 is 18.8 Å². The van der Waals surface area contributed by atoms with Crippen LogP contribution in [0.15, 0.2) is 23.1 Å². The minimum atomic E-state index is -4.92. The Hall–Kier alpha value is -1.22. The Balaban J connectivity index is 3.37. The van der Waals surface area contributed by atoms with E-state index in [0.717, 1.165) is 19.2 Å². The van der Waals surface area contributed by atoms with E-state index in [-0.39, 0.29) is 0 Å². The van der Waals surface area contributed by atoms with Crippen LogP contribution in [-0.4, -0.2) is 22.3 Å². The predicted octanol–water partition coefficient (Wildman–Crippen LogP) is 2.33. The molecule has 0 radical (unpaired) electrons. The Kier molecular flexibility index (Phi) is 5.46. The Morgan fingerprint density at radius 3 is 2.45 bits per heavy atom. The maximum atomic E-state index is 12.8. The quantitative estimate of drug-likeness (QED) is 0.344. The highest BCUT2D eigenvalue weighted by molar-refractivity contribution is 7.87. The molecule has 0 aliphatic carbocycles. The molecule has 0 saturated heterocycles. The summed E-state index contributed by atoms with van der Waals surface area (Å²) in [5.41, 5.74) is -1.43. The van der Waals surface area contributed by atoms with Gasteiger partial charge in [-0.1, -0.05) is 6.07 Å². The number of halogens is 3. The molecule has 1 aromatic carbocycles. The lowest BCUT2D eigenvalue weighted by Crippen LogP contribution is -2.17. The molecule has 1 rings (SSSR count). The number of benzene rings is 1. The third-order valence-electron chi connectivity index (χ3n) is 2.08. The van der Waals surface area contributed by atoms with Gasteiger partial charge in [-0.2, -0.15) is 21.6 Å². The average molecular weight is 333 g/mol. The number of rotatable bonds is 6. The first-order chi connectivity index (χ1) is 9.24. The zero-order valence-electron chi connectivity index (χ0n) is 9.93. The lowest BCUT2D eigenvalue weighted by molar-refractivity contribution is -0.140. The molecule has 1 aromatic rings. The number of ether oxygens (including phenoxy) is 1. The van der Waals surface area contributed by atoms with Crippen LogP contribution >= 0.6 is 8.69 Å². The molecule has 112 valence electrons. The molecule has 0 aromatic heterocycles. The van der Waals surface area contributed by atoms with Crippen LogP contribution in [0.25, 0.3) is 0 Å². The maximum absolute atomic E-state index is 12.8. The Bertz CT molecular complexity index is 586. The van der Waals surface area contributed by atoms with Gasteiger partial charge in [-0.05, 0) is 16.7 Å². The van der Waals surface area contributed by atoms with Crippen molar-refractivity contribution in [3.63, 3.8) is 0 Å². The molecular formula is C9H9F3O6PS+. The highest BCUT2D eigenvalue weighted by atomic mass is 32.2. The molecular weight excluding hydrogens is 324 g/mol. The van der Waals surface area contributed by atoms with Gasteiger partial charge in [0.2, 0.25) is 6.79 Å². The zero-order chi connectivity index (χ0) is 15.4. The van der Waals surface area contributed by atoms with Gasteiger partial charge in [0.1, 0.15) is 10.6 Å². The van der Waals surface area contributed by atoms with Crippen molar-refractivity contribution in [3.05, 3.63) is 23.8 Å². The van der Waals surface area contributed by atoms with Gasteiger partial charge in [0, 0.05) is 0 Å². The van der Waals surface area contributed by atoms with Crippen molar-refractivity contribution in [1.29, 1.82) is 0 Å². The monoisotopic (exact) mass is 333 g/mol. The molecule has 1 atom stereocenters. The van der Waals surface area contributed by atoms with Crippen LogP contribution in [0.3, 0.4) is 0 Å². The van der Waals surface area contributed by atoms with Crippen molar-refractivity contribution < 1.29 is 39.6 Å². The molecule has 0 fully saturated rings. The molecule has 0 spiro atoms. The predicted molar refractivity (Wildman–Crippen MR) is 61.2 cm³/mol. The fourth-order valence-corrected chi connectivity index (χ4v) is 2.66. The lowest BCUT2D eigenvalue weighted by Gasteiger charge is -2.15. The Labute approximate surface area is 113 Å². The third-order valence-corrected chi connectivity index (χ3v) is 3.64. The summed E-state index contributed by atoms with van der Waals surface area (Å²) >= 11 is 0. The molecule has 0 aliphatic heterocycles. The summed E-state index contributed by atoms with van der Waals surface area (Å²) in [6.45, 7) is -0.973. The highest BCUT2D eigenvalue weighted by Crippen LogP contribution is 2.39.